The molecular formula is C20H21N3O. The molecule has 1 aliphatic rings. The number of hydrogen-bond acceptors (Lipinski definition) is 2. The Morgan fingerprint density at radius 3 is 2.75 bits per heavy atom. The number of nitrogens with one attached hydrogen (secondary N) is 1. The molecule has 24 heavy (non-hydrogen) atoms. The Morgan fingerprint density at radius 2 is 1.88 bits per heavy atom. The number of fused-ring (bicyclic) bond motifs is 2. The van der Waals surface area contributed by atoms with Crippen LogP contribution in [0.15, 0.2) is 54.7 Å². The molecule has 122 valence electrons. The predicted octanol–water partition coefficient (Wildman–Crippen LogP) is 2.62. The maximum absolute atomic E-state index is 12.8. The fraction of sp³-hybridized carbons (Fsp3) is 0.250. The molecule has 0 saturated heterocycles. The average molecular weight is 319 g/mol. The van der Waals surface area contributed by atoms with Gasteiger partial charge >= 0.3 is 0 Å². The summed E-state index contributed by atoms with van der Waals surface area (Å²) in [6.45, 7) is 1.41. The van der Waals surface area contributed by atoms with E-state index in [0.29, 0.717) is 13.0 Å². The zero-order chi connectivity index (χ0) is 16.5. The smallest absolute Gasteiger partial charge is 0.240 e. The molecule has 2 aromatic carbocycles. The Balaban J connectivity index is 1.49. The summed E-state index contributed by atoms with van der Waals surface area (Å²) in [7, 11) is 0. The lowest BCUT2D eigenvalue weighted by atomic mass is 9.98. The average Bonchev–Trinajstić information content (AvgIpc) is 3.03. The summed E-state index contributed by atoms with van der Waals surface area (Å²) >= 11 is 0. The first-order valence-electron chi connectivity index (χ1n) is 8.38. The Bertz CT molecular complexity index is 883. The molecule has 3 aromatic rings. The van der Waals surface area contributed by atoms with Crippen LogP contribution in [0.5, 0.6) is 0 Å². The van der Waals surface area contributed by atoms with Crippen LogP contribution >= 0.6 is 0 Å². The van der Waals surface area contributed by atoms with Crippen LogP contribution in [-0.2, 0) is 24.2 Å². The molecule has 4 rings (SSSR count). The molecule has 1 atom stereocenters. The minimum Gasteiger partial charge on any atom is -0.361 e. The number of carbonyl (C=O) groups excluding carboxylic acids is 1. The van der Waals surface area contributed by atoms with E-state index in [9.17, 15) is 4.79 Å². The number of aromatic amines is 1. The van der Waals surface area contributed by atoms with E-state index < -0.39 is 6.04 Å². The van der Waals surface area contributed by atoms with E-state index in [2.05, 4.69) is 29.2 Å². The van der Waals surface area contributed by atoms with E-state index in [1.807, 2.05) is 35.4 Å². The first kappa shape index (κ1) is 15.0. The number of hydrogen-bond donors (Lipinski definition) is 2. The molecule has 0 saturated carbocycles. The molecule has 4 nitrogen and oxygen atoms in total. The Hall–Kier alpha value is -2.59. The molecule has 0 radical (unpaired) electrons. The lowest BCUT2D eigenvalue weighted by molar-refractivity contribution is -0.133. The second-order valence-electron chi connectivity index (χ2n) is 6.45. The zero-order valence-electron chi connectivity index (χ0n) is 13.5. The van der Waals surface area contributed by atoms with Gasteiger partial charge in [0.05, 0.1) is 6.04 Å². The fourth-order valence-corrected chi connectivity index (χ4v) is 3.54. The summed E-state index contributed by atoms with van der Waals surface area (Å²) in [6.07, 6.45) is 3.42. The number of H-pyrrole nitrogens is 1. The van der Waals surface area contributed by atoms with Crippen molar-refractivity contribution in [1.82, 2.24) is 9.88 Å². The molecule has 1 aliphatic heterocycles. The lowest BCUT2D eigenvalue weighted by Crippen LogP contribution is -2.46. The Kier molecular flexibility index (Phi) is 3.82. The van der Waals surface area contributed by atoms with Gasteiger partial charge in [0, 0.05) is 30.2 Å². The van der Waals surface area contributed by atoms with Gasteiger partial charge in [-0.2, -0.15) is 0 Å². The summed E-state index contributed by atoms with van der Waals surface area (Å²) in [5.41, 5.74) is 11.0. The van der Waals surface area contributed by atoms with Gasteiger partial charge in [0.25, 0.3) is 0 Å². The number of benzene rings is 2. The van der Waals surface area contributed by atoms with Crippen LogP contribution in [0.1, 0.15) is 16.7 Å². The summed E-state index contributed by atoms with van der Waals surface area (Å²) in [5, 5.41) is 1.14. The van der Waals surface area contributed by atoms with E-state index in [1.165, 1.54) is 11.1 Å². The summed E-state index contributed by atoms with van der Waals surface area (Å²) < 4.78 is 0. The highest BCUT2D eigenvalue weighted by Crippen LogP contribution is 2.21. The van der Waals surface area contributed by atoms with E-state index >= 15 is 0 Å². The minimum absolute atomic E-state index is 0.0368. The van der Waals surface area contributed by atoms with Gasteiger partial charge in [-0.15, -0.1) is 0 Å². The topological polar surface area (TPSA) is 62.1 Å². The number of nitrogens with zero attached hydrogens (tertiary/aromatic N) is 1. The van der Waals surface area contributed by atoms with Gasteiger partial charge in [0.2, 0.25) is 5.91 Å². The van der Waals surface area contributed by atoms with Crippen molar-refractivity contribution < 1.29 is 4.79 Å². The molecule has 0 unspecified atom stereocenters. The lowest BCUT2D eigenvalue weighted by Gasteiger charge is -2.30. The molecular weight excluding hydrogens is 298 g/mol. The quantitative estimate of drug-likeness (QED) is 0.779. The van der Waals surface area contributed by atoms with E-state index in [1.54, 1.807) is 0 Å². The van der Waals surface area contributed by atoms with E-state index in [-0.39, 0.29) is 5.91 Å². The standard InChI is InChI=1S/C20H21N3O/c21-18(11-16-12-22-19-8-4-3-7-17(16)19)20(24)23-10-9-14-5-1-2-6-15(14)13-23/h1-8,12,18,22H,9-11,13,21H2/t18-/m0/s1. The van der Waals surface area contributed by atoms with Gasteiger partial charge in [0.15, 0.2) is 0 Å². The Labute approximate surface area is 141 Å². The molecule has 0 aliphatic carbocycles. The van der Waals surface area contributed by atoms with Crippen molar-refractivity contribution in [3.8, 4) is 0 Å². The number of para-hydroxylation sites is 1. The Morgan fingerprint density at radius 1 is 1.12 bits per heavy atom. The minimum atomic E-state index is -0.505. The molecule has 0 bridgehead atoms. The number of aromatic nitrogens is 1. The third-order valence-corrected chi connectivity index (χ3v) is 4.87. The molecule has 1 aromatic heterocycles. The van der Waals surface area contributed by atoms with Crippen molar-refractivity contribution >= 4 is 16.8 Å². The molecule has 0 fully saturated rings. The van der Waals surface area contributed by atoms with Gasteiger partial charge in [0.1, 0.15) is 0 Å². The van der Waals surface area contributed by atoms with Gasteiger partial charge < -0.3 is 15.6 Å². The van der Waals surface area contributed by atoms with Crippen LogP contribution in [0.25, 0.3) is 10.9 Å². The van der Waals surface area contributed by atoms with Gasteiger partial charge in [-0.3, -0.25) is 4.79 Å². The number of nitrogens with two attached hydrogens (primary N) is 1. The zero-order valence-corrected chi connectivity index (χ0v) is 13.5. The summed E-state index contributed by atoms with van der Waals surface area (Å²) in [5.74, 6) is 0.0368. The summed E-state index contributed by atoms with van der Waals surface area (Å²) in [6, 6.07) is 15.9. The highest BCUT2D eigenvalue weighted by atomic mass is 16.2. The number of carbonyl (C=O) groups is 1. The number of amides is 1. The maximum Gasteiger partial charge on any atom is 0.240 e. The van der Waals surface area contributed by atoms with Crippen LogP contribution in [0, 0.1) is 0 Å². The van der Waals surface area contributed by atoms with Crippen LogP contribution in [0.4, 0.5) is 0 Å². The highest BCUT2D eigenvalue weighted by molar-refractivity contribution is 5.86. The van der Waals surface area contributed by atoms with Crippen molar-refractivity contribution in [3.05, 3.63) is 71.4 Å². The number of rotatable bonds is 3. The second kappa shape index (κ2) is 6.13. The molecule has 4 heteroatoms. The largest absolute Gasteiger partial charge is 0.361 e. The predicted molar refractivity (Wildman–Crippen MR) is 95.5 cm³/mol. The SMILES string of the molecule is N[C@@H](Cc1c[nH]c2ccccc12)C(=O)N1CCc2ccccc2C1. The van der Waals surface area contributed by atoms with Crippen molar-refractivity contribution in [2.24, 2.45) is 5.73 Å². The van der Waals surface area contributed by atoms with Gasteiger partial charge in [-0.25, -0.2) is 0 Å². The maximum atomic E-state index is 12.8. The first-order chi connectivity index (χ1) is 11.7. The van der Waals surface area contributed by atoms with Crippen LogP contribution < -0.4 is 5.73 Å². The monoisotopic (exact) mass is 319 g/mol. The first-order valence-corrected chi connectivity index (χ1v) is 8.38. The van der Waals surface area contributed by atoms with Crippen LogP contribution in [0.2, 0.25) is 0 Å². The van der Waals surface area contributed by atoms with Crippen LogP contribution in [0.3, 0.4) is 0 Å². The van der Waals surface area contributed by atoms with Crippen molar-refractivity contribution in [2.45, 2.75) is 25.4 Å². The molecule has 1 amide bonds. The molecule has 2 heterocycles. The van der Waals surface area contributed by atoms with Gasteiger partial charge in [-0.05, 0) is 35.6 Å². The second-order valence-corrected chi connectivity index (χ2v) is 6.45. The van der Waals surface area contributed by atoms with Crippen molar-refractivity contribution in [2.75, 3.05) is 6.54 Å². The van der Waals surface area contributed by atoms with Gasteiger partial charge in [-0.1, -0.05) is 42.5 Å². The summed E-state index contributed by atoms with van der Waals surface area (Å²) in [4.78, 5) is 17.9. The normalized spacial score (nSPS) is 15.3. The third kappa shape index (κ3) is 2.69. The van der Waals surface area contributed by atoms with Crippen molar-refractivity contribution in [1.29, 1.82) is 0 Å². The fourth-order valence-electron chi connectivity index (χ4n) is 3.54. The third-order valence-electron chi connectivity index (χ3n) is 4.87. The molecule has 3 N–H and O–H groups in total. The highest BCUT2D eigenvalue weighted by Gasteiger charge is 2.25. The molecule has 0 spiro atoms. The van der Waals surface area contributed by atoms with Crippen LogP contribution in [-0.4, -0.2) is 28.4 Å². The van der Waals surface area contributed by atoms with Crippen molar-refractivity contribution in [3.63, 3.8) is 0 Å². The van der Waals surface area contributed by atoms with E-state index in [4.69, 9.17) is 5.73 Å². The van der Waals surface area contributed by atoms with E-state index in [0.717, 1.165) is 29.4 Å².